The van der Waals surface area contributed by atoms with Gasteiger partial charge in [0.15, 0.2) is 11.5 Å². The lowest BCUT2D eigenvalue weighted by Gasteiger charge is -2.21. The van der Waals surface area contributed by atoms with Crippen LogP contribution in [0.25, 0.3) is 0 Å². The van der Waals surface area contributed by atoms with E-state index in [1.807, 2.05) is 20.8 Å². The summed E-state index contributed by atoms with van der Waals surface area (Å²) in [6.07, 6.45) is 0.982. The van der Waals surface area contributed by atoms with E-state index < -0.39 is 0 Å². The second-order valence-corrected chi connectivity index (χ2v) is 6.60. The molecule has 0 saturated carbocycles. The predicted octanol–water partition coefficient (Wildman–Crippen LogP) is 3.65. The Kier molecular flexibility index (Phi) is 6.06. The van der Waals surface area contributed by atoms with Crippen molar-refractivity contribution < 1.29 is 14.3 Å². The molecule has 0 aliphatic heterocycles. The van der Waals surface area contributed by atoms with Gasteiger partial charge in [-0.2, -0.15) is 0 Å². The van der Waals surface area contributed by atoms with Crippen molar-refractivity contribution in [3.63, 3.8) is 0 Å². The van der Waals surface area contributed by atoms with Gasteiger partial charge in [-0.15, -0.1) is 0 Å². The van der Waals surface area contributed by atoms with Crippen LogP contribution < -0.4 is 14.8 Å². The monoisotopic (exact) mass is 293 g/mol. The Morgan fingerprint density at radius 3 is 2.43 bits per heavy atom. The molecule has 1 rings (SSSR count). The van der Waals surface area contributed by atoms with Crippen LogP contribution in [0.15, 0.2) is 18.2 Å². The summed E-state index contributed by atoms with van der Waals surface area (Å²) in [5.74, 6) is 1.73. The molecule has 0 saturated heterocycles. The van der Waals surface area contributed by atoms with Gasteiger partial charge in [0.25, 0.3) is 5.91 Å². The zero-order valence-electron chi connectivity index (χ0n) is 13.9. The maximum Gasteiger partial charge on any atom is 0.251 e. The molecule has 0 aliphatic carbocycles. The molecule has 0 spiro atoms. The summed E-state index contributed by atoms with van der Waals surface area (Å²) >= 11 is 0. The number of nitrogens with one attached hydrogen (secondary N) is 1. The Balaban J connectivity index is 2.80. The fourth-order valence-corrected chi connectivity index (χ4v) is 1.75. The van der Waals surface area contributed by atoms with Crippen LogP contribution in [-0.2, 0) is 0 Å². The Labute approximate surface area is 127 Å². The summed E-state index contributed by atoms with van der Waals surface area (Å²) in [4.78, 5) is 12.1. The summed E-state index contributed by atoms with van der Waals surface area (Å²) in [5, 5.41) is 2.93. The molecule has 1 amide bonds. The normalized spacial score (nSPS) is 11.4. The lowest BCUT2D eigenvalue weighted by molar-refractivity contribution is 0.0919. The van der Waals surface area contributed by atoms with E-state index in [9.17, 15) is 4.79 Å². The fourth-order valence-electron chi connectivity index (χ4n) is 1.75. The van der Waals surface area contributed by atoms with E-state index >= 15 is 0 Å². The van der Waals surface area contributed by atoms with Crippen molar-refractivity contribution in [2.45, 2.75) is 46.6 Å². The summed E-state index contributed by atoms with van der Waals surface area (Å²) in [7, 11) is 1.58. The van der Waals surface area contributed by atoms with Gasteiger partial charge in [-0.1, -0.05) is 13.8 Å². The second kappa shape index (κ2) is 7.34. The van der Waals surface area contributed by atoms with E-state index in [2.05, 4.69) is 19.2 Å². The Morgan fingerprint density at radius 1 is 1.24 bits per heavy atom. The highest BCUT2D eigenvalue weighted by Gasteiger charge is 2.17. The second-order valence-electron chi connectivity index (χ2n) is 6.60. The quantitative estimate of drug-likeness (QED) is 0.871. The van der Waals surface area contributed by atoms with Gasteiger partial charge in [0.1, 0.15) is 0 Å². The molecule has 21 heavy (non-hydrogen) atoms. The van der Waals surface area contributed by atoms with Crippen molar-refractivity contribution >= 4 is 5.91 Å². The number of amides is 1. The molecule has 0 heterocycles. The van der Waals surface area contributed by atoms with Crippen molar-refractivity contribution in [1.82, 2.24) is 5.32 Å². The molecule has 0 aliphatic rings. The van der Waals surface area contributed by atoms with Crippen LogP contribution in [0.5, 0.6) is 11.5 Å². The number of carbonyl (C=O) groups is 1. The first-order valence-corrected chi connectivity index (χ1v) is 7.36. The van der Waals surface area contributed by atoms with E-state index in [4.69, 9.17) is 9.47 Å². The summed E-state index contributed by atoms with van der Waals surface area (Å²) < 4.78 is 11.0. The zero-order chi connectivity index (χ0) is 16.0. The van der Waals surface area contributed by atoms with Crippen LogP contribution in [0, 0.1) is 5.92 Å². The highest BCUT2D eigenvalue weighted by Crippen LogP contribution is 2.28. The van der Waals surface area contributed by atoms with Crippen LogP contribution in [0.3, 0.4) is 0 Å². The molecular weight excluding hydrogens is 266 g/mol. The smallest absolute Gasteiger partial charge is 0.251 e. The van der Waals surface area contributed by atoms with Gasteiger partial charge in [0, 0.05) is 11.1 Å². The molecular formula is C17H27NO3. The average Bonchev–Trinajstić information content (AvgIpc) is 2.36. The van der Waals surface area contributed by atoms with E-state index in [-0.39, 0.29) is 11.4 Å². The van der Waals surface area contributed by atoms with Crippen molar-refractivity contribution in [2.75, 3.05) is 13.7 Å². The molecule has 0 unspecified atom stereocenters. The highest BCUT2D eigenvalue weighted by atomic mass is 16.5. The van der Waals surface area contributed by atoms with E-state index in [0.717, 1.165) is 6.42 Å². The van der Waals surface area contributed by atoms with Crippen LogP contribution >= 0.6 is 0 Å². The molecule has 118 valence electrons. The third kappa shape index (κ3) is 6.06. The average molecular weight is 293 g/mol. The standard InChI is InChI=1S/C17H27NO3/c1-12(2)9-10-21-14-8-7-13(11-15(14)20-6)16(19)18-17(3,4)5/h7-8,11-12H,9-10H2,1-6H3,(H,18,19). The third-order valence-corrected chi connectivity index (χ3v) is 2.87. The summed E-state index contributed by atoms with van der Waals surface area (Å²) in [6, 6.07) is 5.26. The number of benzene rings is 1. The minimum Gasteiger partial charge on any atom is -0.493 e. The van der Waals surface area contributed by atoms with Crippen molar-refractivity contribution in [2.24, 2.45) is 5.92 Å². The fraction of sp³-hybridized carbons (Fsp3) is 0.588. The van der Waals surface area contributed by atoms with Gasteiger partial charge in [-0.05, 0) is 51.3 Å². The molecule has 4 nitrogen and oxygen atoms in total. The molecule has 1 aromatic rings. The van der Waals surface area contributed by atoms with Crippen LogP contribution in [0.4, 0.5) is 0 Å². The summed E-state index contributed by atoms with van der Waals surface area (Å²) in [5.41, 5.74) is 0.300. The Hall–Kier alpha value is -1.71. The lowest BCUT2D eigenvalue weighted by atomic mass is 10.1. The maximum absolute atomic E-state index is 12.1. The maximum atomic E-state index is 12.1. The Bertz CT molecular complexity index is 475. The first kappa shape index (κ1) is 17.3. The molecule has 4 heteroatoms. The molecule has 0 aromatic heterocycles. The van der Waals surface area contributed by atoms with Gasteiger partial charge < -0.3 is 14.8 Å². The molecule has 0 atom stereocenters. The Morgan fingerprint density at radius 2 is 1.90 bits per heavy atom. The van der Waals surface area contributed by atoms with Gasteiger partial charge in [-0.3, -0.25) is 4.79 Å². The third-order valence-electron chi connectivity index (χ3n) is 2.87. The van der Waals surface area contributed by atoms with E-state index in [0.29, 0.717) is 29.6 Å². The summed E-state index contributed by atoms with van der Waals surface area (Å²) in [6.45, 7) is 10.8. The minimum atomic E-state index is -0.267. The van der Waals surface area contributed by atoms with Crippen molar-refractivity contribution in [3.05, 3.63) is 23.8 Å². The molecule has 1 aromatic carbocycles. The zero-order valence-corrected chi connectivity index (χ0v) is 13.9. The van der Waals surface area contributed by atoms with Crippen molar-refractivity contribution in [1.29, 1.82) is 0 Å². The highest BCUT2D eigenvalue weighted by molar-refractivity contribution is 5.95. The largest absolute Gasteiger partial charge is 0.493 e. The first-order chi connectivity index (χ1) is 9.73. The van der Waals surface area contributed by atoms with Gasteiger partial charge in [0.2, 0.25) is 0 Å². The molecule has 0 radical (unpaired) electrons. The van der Waals surface area contributed by atoms with Gasteiger partial charge in [0.05, 0.1) is 13.7 Å². The van der Waals surface area contributed by atoms with Crippen LogP contribution in [0.2, 0.25) is 0 Å². The minimum absolute atomic E-state index is 0.116. The number of hydrogen-bond donors (Lipinski definition) is 1. The molecule has 0 fully saturated rings. The van der Waals surface area contributed by atoms with Gasteiger partial charge >= 0.3 is 0 Å². The predicted molar refractivity (Wildman–Crippen MR) is 85.2 cm³/mol. The van der Waals surface area contributed by atoms with Crippen molar-refractivity contribution in [3.8, 4) is 11.5 Å². The first-order valence-electron chi connectivity index (χ1n) is 7.36. The number of carbonyl (C=O) groups excluding carboxylic acids is 1. The SMILES string of the molecule is COc1cc(C(=O)NC(C)(C)C)ccc1OCCC(C)C. The number of rotatable bonds is 6. The topological polar surface area (TPSA) is 47.6 Å². The number of hydrogen-bond acceptors (Lipinski definition) is 3. The number of ether oxygens (including phenoxy) is 2. The van der Waals surface area contributed by atoms with Crippen LogP contribution in [-0.4, -0.2) is 25.2 Å². The molecule has 0 bridgehead atoms. The van der Waals surface area contributed by atoms with E-state index in [1.54, 1.807) is 25.3 Å². The lowest BCUT2D eigenvalue weighted by Crippen LogP contribution is -2.40. The van der Waals surface area contributed by atoms with E-state index in [1.165, 1.54) is 0 Å². The molecule has 1 N–H and O–H groups in total. The van der Waals surface area contributed by atoms with Crippen LogP contribution in [0.1, 0.15) is 51.4 Å². The van der Waals surface area contributed by atoms with Gasteiger partial charge in [-0.25, -0.2) is 0 Å². The number of methoxy groups -OCH3 is 1.